The van der Waals surface area contributed by atoms with E-state index in [0.29, 0.717) is 24.5 Å². The average molecular weight is 287 g/mol. The molecule has 0 N–H and O–H groups in total. The number of nitrogens with zero attached hydrogens (tertiary/aromatic N) is 1. The van der Waals surface area contributed by atoms with Gasteiger partial charge in [0.2, 0.25) is 0 Å². The van der Waals surface area contributed by atoms with Crippen LogP contribution in [-0.4, -0.2) is 31.0 Å². The van der Waals surface area contributed by atoms with Gasteiger partial charge in [0.05, 0.1) is 6.54 Å². The molecule has 0 unspecified atom stereocenters. The molecule has 0 aliphatic rings. The number of amides is 1. The molecule has 2 rings (SSSR count). The van der Waals surface area contributed by atoms with E-state index in [9.17, 15) is 9.18 Å². The maximum atomic E-state index is 12.8. The molecule has 0 bridgehead atoms. The van der Waals surface area contributed by atoms with Crippen molar-refractivity contribution in [3.05, 3.63) is 65.5 Å². The summed E-state index contributed by atoms with van der Waals surface area (Å²) in [4.78, 5) is 13.9. The molecule has 0 fully saturated rings. The molecule has 0 aliphatic carbocycles. The fourth-order valence-corrected chi connectivity index (χ4v) is 1.95. The molecule has 3 nitrogen and oxygen atoms in total. The van der Waals surface area contributed by atoms with E-state index in [4.69, 9.17) is 4.74 Å². The normalized spacial score (nSPS) is 10.2. The van der Waals surface area contributed by atoms with Crippen LogP contribution < -0.4 is 4.74 Å². The van der Waals surface area contributed by atoms with Gasteiger partial charge >= 0.3 is 0 Å². The van der Waals surface area contributed by atoms with Gasteiger partial charge in [-0.15, -0.1) is 0 Å². The van der Waals surface area contributed by atoms with E-state index in [1.807, 2.05) is 31.2 Å². The molecule has 0 spiro atoms. The lowest BCUT2D eigenvalue weighted by Gasteiger charge is -2.18. The van der Waals surface area contributed by atoms with Crippen LogP contribution in [0.25, 0.3) is 0 Å². The van der Waals surface area contributed by atoms with Crippen LogP contribution in [0.1, 0.15) is 15.9 Å². The average Bonchev–Trinajstić information content (AvgIpc) is 2.49. The number of benzene rings is 2. The number of hydrogen-bond acceptors (Lipinski definition) is 2. The predicted octanol–water partition coefficient (Wildman–Crippen LogP) is 3.29. The van der Waals surface area contributed by atoms with Gasteiger partial charge in [-0.1, -0.05) is 18.2 Å². The van der Waals surface area contributed by atoms with Gasteiger partial charge in [0, 0.05) is 12.6 Å². The molecule has 1 amide bonds. The predicted molar refractivity (Wildman–Crippen MR) is 80.0 cm³/mol. The number of hydrogen-bond donors (Lipinski definition) is 0. The van der Waals surface area contributed by atoms with Crippen molar-refractivity contribution in [3.8, 4) is 5.75 Å². The van der Waals surface area contributed by atoms with Crippen molar-refractivity contribution >= 4 is 5.91 Å². The summed E-state index contributed by atoms with van der Waals surface area (Å²) in [5.74, 6) is 0.262. The van der Waals surface area contributed by atoms with Crippen LogP contribution >= 0.6 is 0 Å². The number of aryl methyl sites for hydroxylation is 1. The Bertz CT molecular complexity index is 610. The third-order valence-corrected chi connectivity index (χ3v) is 3.23. The smallest absolute Gasteiger partial charge is 0.253 e. The second-order valence-electron chi connectivity index (χ2n) is 4.84. The van der Waals surface area contributed by atoms with Crippen molar-refractivity contribution in [2.45, 2.75) is 6.92 Å². The summed E-state index contributed by atoms with van der Waals surface area (Å²) in [5, 5.41) is 0. The molecular weight excluding hydrogens is 269 g/mol. The van der Waals surface area contributed by atoms with Crippen LogP contribution in [0, 0.1) is 12.7 Å². The lowest BCUT2D eigenvalue weighted by Crippen LogP contribution is -2.31. The Morgan fingerprint density at radius 3 is 2.48 bits per heavy atom. The molecule has 21 heavy (non-hydrogen) atoms. The number of likely N-dealkylation sites (N-methyl/N-ethyl adjacent to an activating group) is 1. The quantitative estimate of drug-likeness (QED) is 0.844. The Hall–Kier alpha value is -2.36. The fourth-order valence-electron chi connectivity index (χ4n) is 1.95. The highest BCUT2D eigenvalue weighted by Gasteiger charge is 2.13. The van der Waals surface area contributed by atoms with Crippen molar-refractivity contribution in [1.82, 2.24) is 4.90 Å². The molecule has 0 heterocycles. The van der Waals surface area contributed by atoms with Crippen LogP contribution in [0.4, 0.5) is 4.39 Å². The van der Waals surface area contributed by atoms with Crippen LogP contribution in [-0.2, 0) is 0 Å². The lowest BCUT2D eigenvalue weighted by atomic mass is 10.1. The number of carbonyl (C=O) groups excluding carboxylic acids is 1. The molecule has 0 saturated heterocycles. The van der Waals surface area contributed by atoms with E-state index >= 15 is 0 Å². The minimum Gasteiger partial charge on any atom is -0.492 e. The summed E-state index contributed by atoms with van der Waals surface area (Å²) in [7, 11) is 1.74. The van der Waals surface area contributed by atoms with Gasteiger partial charge in [-0.2, -0.15) is 0 Å². The van der Waals surface area contributed by atoms with Crippen molar-refractivity contribution in [2.24, 2.45) is 0 Å². The van der Waals surface area contributed by atoms with Crippen LogP contribution in [0.15, 0.2) is 48.5 Å². The molecule has 0 aromatic heterocycles. The minimum atomic E-state index is -0.297. The number of halogens is 1. The molecule has 0 atom stereocenters. The first-order valence-corrected chi connectivity index (χ1v) is 6.77. The number of rotatable bonds is 5. The van der Waals surface area contributed by atoms with E-state index in [-0.39, 0.29) is 11.7 Å². The molecule has 4 heteroatoms. The van der Waals surface area contributed by atoms with Gasteiger partial charge in [0.25, 0.3) is 5.91 Å². The van der Waals surface area contributed by atoms with E-state index in [2.05, 4.69) is 0 Å². The molecule has 2 aromatic rings. The summed E-state index contributed by atoms with van der Waals surface area (Å²) in [6, 6.07) is 13.3. The first-order valence-electron chi connectivity index (χ1n) is 6.77. The first-order chi connectivity index (χ1) is 10.1. The summed E-state index contributed by atoms with van der Waals surface area (Å²) >= 11 is 0. The molecule has 0 aliphatic heterocycles. The second-order valence-corrected chi connectivity index (χ2v) is 4.84. The highest BCUT2D eigenvalue weighted by molar-refractivity contribution is 5.95. The zero-order valence-electron chi connectivity index (χ0n) is 12.2. The van der Waals surface area contributed by atoms with E-state index in [1.165, 1.54) is 12.1 Å². The molecule has 0 radical (unpaired) electrons. The van der Waals surface area contributed by atoms with E-state index in [0.717, 1.165) is 5.56 Å². The highest BCUT2D eigenvalue weighted by Crippen LogP contribution is 2.12. The number of carbonyl (C=O) groups is 1. The Balaban J connectivity index is 1.87. The molecule has 110 valence electrons. The maximum Gasteiger partial charge on any atom is 0.253 e. The van der Waals surface area contributed by atoms with Crippen LogP contribution in [0.2, 0.25) is 0 Å². The van der Waals surface area contributed by atoms with E-state index in [1.54, 1.807) is 24.1 Å². The van der Waals surface area contributed by atoms with Gasteiger partial charge < -0.3 is 9.64 Å². The van der Waals surface area contributed by atoms with Gasteiger partial charge in [-0.25, -0.2) is 4.39 Å². The Morgan fingerprint density at radius 2 is 1.81 bits per heavy atom. The Morgan fingerprint density at radius 1 is 1.14 bits per heavy atom. The molecule has 2 aromatic carbocycles. The van der Waals surface area contributed by atoms with Crippen LogP contribution in [0.5, 0.6) is 5.75 Å². The monoisotopic (exact) mass is 287 g/mol. The zero-order chi connectivity index (χ0) is 15.2. The molecular formula is C17H18FNO2. The lowest BCUT2D eigenvalue weighted by molar-refractivity contribution is 0.0773. The number of ether oxygens (including phenoxy) is 1. The van der Waals surface area contributed by atoms with Gasteiger partial charge in [-0.05, 0) is 42.8 Å². The highest BCUT2D eigenvalue weighted by atomic mass is 19.1. The van der Waals surface area contributed by atoms with Crippen LogP contribution in [0.3, 0.4) is 0 Å². The van der Waals surface area contributed by atoms with Gasteiger partial charge in [0.1, 0.15) is 18.2 Å². The van der Waals surface area contributed by atoms with Crippen molar-refractivity contribution < 1.29 is 13.9 Å². The topological polar surface area (TPSA) is 29.5 Å². The van der Waals surface area contributed by atoms with E-state index < -0.39 is 0 Å². The SMILES string of the molecule is Cc1ccccc1C(=O)N(C)CCOc1ccc(F)cc1. The fraction of sp³-hybridized carbons (Fsp3) is 0.235. The largest absolute Gasteiger partial charge is 0.492 e. The minimum absolute atomic E-state index is 0.0317. The summed E-state index contributed by atoms with van der Waals surface area (Å²) in [5.41, 5.74) is 1.65. The van der Waals surface area contributed by atoms with Crippen molar-refractivity contribution in [1.29, 1.82) is 0 Å². The van der Waals surface area contributed by atoms with Gasteiger partial charge in [-0.3, -0.25) is 4.79 Å². The summed E-state index contributed by atoms with van der Waals surface area (Å²) in [6.45, 7) is 2.74. The third-order valence-electron chi connectivity index (χ3n) is 3.23. The molecule has 0 saturated carbocycles. The van der Waals surface area contributed by atoms with Crippen molar-refractivity contribution in [2.75, 3.05) is 20.2 Å². The Labute approximate surface area is 124 Å². The Kier molecular flexibility index (Phi) is 4.93. The maximum absolute atomic E-state index is 12.8. The van der Waals surface area contributed by atoms with Gasteiger partial charge in [0.15, 0.2) is 0 Å². The standard InChI is InChI=1S/C17H18FNO2/c1-13-5-3-4-6-16(13)17(20)19(2)11-12-21-15-9-7-14(18)8-10-15/h3-10H,11-12H2,1-2H3. The van der Waals surface area contributed by atoms with Crippen molar-refractivity contribution in [3.63, 3.8) is 0 Å². The second kappa shape index (κ2) is 6.88. The zero-order valence-corrected chi connectivity index (χ0v) is 12.2. The summed E-state index contributed by atoms with van der Waals surface area (Å²) < 4.78 is 18.2. The first kappa shape index (κ1) is 15.0. The summed E-state index contributed by atoms with van der Waals surface area (Å²) in [6.07, 6.45) is 0. The third kappa shape index (κ3) is 4.05.